The van der Waals surface area contributed by atoms with E-state index in [4.69, 9.17) is 5.11 Å². The van der Waals surface area contributed by atoms with E-state index in [0.29, 0.717) is 12.0 Å². The topological polar surface area (TPSA) is 72.2 Å². The summed E-state index contributed by atoms with van der Waals surface area (Å²) in [5.74, 6) is -0.967. The predicted octanol–water partition coefficient (Wildman–Crippen LogP) is 1.38. The van der Waals surface area contributed by atoms with Gasteiger partial charge < -0.3 is 9.67 Å². The first-order valence-electron chi connectivity index (χ1n) is 4.53. The molecule has 5 nitrogen and oxygen atoms in total. The smallest absolute Gasteiger partial charge is 0.335 e. The van der Waals surface area contributed by atoms with E-state index in [1.165, 1.54) is 18.5 Å². The molecule has 0 fully saturated rings. The maximum Gasteiger partial charge on any atom is 0.335 e. The fourth-order valence-corrected chi connectivity index (χ4v) is 1.32. The van der Waals surface area contributed by atoms with Crippen LogP contribution < -0.4 is 0 Å². The van der Waals surface area contributed by atoms with Crippen LogP contribution in [0.2, 0.25) is 0 Å². The monoisotopic (exact) mass is 216 g/mol. The van der Waals surface area contributed by atoms with E-state index in [0.717, 1.165) is 5.69 Å². The highest BCUT2D eigenvalue weighted by atomic mass is 16.4. The molecule has 2 rings (SSSR count). The molecule has 0 atom stereocenters. The highest BCUT2D eigenvalue weighted by Crippen LogP contribution is 2.10. The lowest BCUT2D eigenvalue weighted by atomic mass is 10.2. The Morgan fingerprint density at radius 3 is 2.50 bits per heavy atom. The largest absolute Gasteiger partial charge is 0.478 e. The first-order valence-corrected chi connectivity index (χ1v) is 4.53. The minimum atomic E-state index is -0.967. The summed E-state index contributed by atoms with van der Waals surface area (Å²) < 4.78 is 1.65. The summed E-state index contributed by atoms with van der Waals surface area (Å²) in [6, 6.07) is 6.30. The fourth-order valence-electron chi connectivity index (χ4n) is 1.32. The van der Waals surface area contributed by atoms with Crippen molar-refractivity contribution in [3.63, 3.8) is 0 Å². The molecular weight excluding hydrogens is 208 g/mol. The Labute approximate surface area is 91.0 Å². The number of rotatable bonds is 3. The number of carbonyl (C=O) groups excluding carboxylic acids is 1. The number of benzene rings is 1. The number of aromatic nitrogens is 2. The van der Waals surface area contributed by atoms with Gasteiger partial charge in [-0.3, -0.25) is 4.79 Å². The van der Waals surface area contributed by atoms with Crippen molar-refractivity contribution in [2.24, 2.45) is 0 Å². The summed E-state index contributed by atoms with van der Waals surface area (Å²) >= 11 is 0. The summed E-state index contributed by atoms with van der Waals surface area (Å²) in [6.45, 7) is 0. The van der Waals surface area contributed by atoms with E-state index < -0.39 is 5.97 Å². The minimum absolute atomic E-state index is 0.222. The lowest BCUT2D eigenvalue weighted by Gasteiger charge is -2.01. The second-order valence-corrected chi connectivity index (χ2v) is 3.18. The van der Waals surface area contributed by atoms with Gasteiger partial charge in [-0.1, -0.05) is 0 Å². The summed E-state index contributed by atoms with van der Waals surface area (Å²) in [5, 5.41) is 8.72. The van der Waals surface area contributed by atoms with Gasteiger partial charge in [0.2, 0.25) is 0 Å². The summed E-state index contributed by atoms with van der Waals surface area (Å²) in [6.07, 6.45) is 3.73. The van der Waals surface area contributed by atoms with Crippen LogP contribution in [0.15, 0.2) is 36.8 Å². The van der Waals surface area contributed by atoms with Gasteiger partial charge in [0.15, 0.2) is 6.29 Å². The number of aldehydes is 1. The van der Waals surface area contributed by atoms with Crippen LogP contribution in [0.1, 0.15) is 20.8 Å². The molecule has 0 saturated heterocycles. The van der Waals surface area contributed by atoms with Crippen LogP contribution in [0.5, 0.6) is 0 Å². The van der Waals surface area contributed by atoms with Crippen molar-refractivity contribution in [1.29, 1.82) is 0 Å². The second kappa shape index (κ2) is 3.98. The highest BCUT2D eigenvalue weighted by Gasteiger charge is 2.03. The van der Waals surface area contributed by atoms with Crippen molar-refractivity contribution in [2.45, 2.75) is 0 Å². The molecule has 0 aliphatic rings. The molecule has 0 aliphatic carbocycles. The van der Waals surface area contributed by atoms with Crippen LogP contribution in [0, 0.1) is 0 Å². The molecule has 80 valence electrons. The molecule has 0 saturated carbocycles. The summed E-state index contributed by atoms with van der Waals surface area (Å²) in [7, 11) is 0. The molecule has 0 spiro atoms. The average molecular weight is 216 g/mol. The number of carboxylic acids is 1. The number of imidazole rings is 1. The molecular formula is C11H8N2O3. The summed E-state index contributed by atoms with van der Waals surface area (Å²) in [5.41, 5.74) is 1.31. The summed E-state index contributed by atoms with van der Waals surface area (Å²) in [4.78, 5) is 24.9. The molecule has 0 bridgehead atoms. The zero-order valence-electron chi connectivity index (χ0n) is 8.20. The van der Waals surface area contributed by atoms with Crippen molar-refractivity contribution < 1.29 is 14.7 Å². The molecule has 1 aromatic heterocycles. The lowest BCUT2D eigenvalue weighted by Crippen LogP contribution is -1.97. The van der Waals surface area contributed by atoms with Crippen molar-refractivity contribution in [3.05, 3.63) is 48.0 Å². The van der Waals surface area contributed by atoms with Crippen LogP contribution >= 0.6 is 0 Å². The number of nitrogens with zero attached hydrogens (tertiary/aromatic N) is 2. The van der Waals surface area contributed by atoms with Gasteiger partial charge in [-0.05, 0) is 24.3 Å². The van der Waals surface area contributed by atoms with E-state index in [9.17, 15) is 9.59 Å². The van der Waals surface area contributed by atoms with E-state index in [2.05, 4.69) is 4.98 Å². The number of carbonyl (C=O) groups is 2. The van der Waals surface area contributed by atoms with E-state index >= 15 is 0 Å². The van der Waals surface area contributed by atoms with Crippen LogP contribution in [-0.2, 0) is 0 Å². The maximum absolute atomic E-state index is 10.6. The van der Waals surface area contributed by atoms with Crippen molar-refractivity contribution in [2.75, 3.05) is 0 Å². The molecule has 2 aromatic rings. The molecule has 0 radical (unpaired) electrons. The molecule has 1 heterocycles. The Kier molecular flexibility index (Phi) is 2.51. The first-order chi connectivity index (χ1) is 7.70. The lowest BCUT2D eigenvalue weighted by molar-refractivity contribution is 0.0696. The standard InChI is InChI=1S/C11H8N2O3/c14-6-9-5-13(7-12-9)10-3-1-8(2-4-10)11(15)16/h1-7H,(H,15,16). The zero-order chi connectivity index (χ0) is 11.5. The third kappa shape index (κ3) is 1.83. The molecule has 0 unspecified atom stereocenters. The molecule has 1 N–H and O–H groups in total. The van der Waals surface area contributed by atoms with Crippen molar-refractivity contribution in [1.82, 2.24) is 9.55 Å². The molecule has 1 aromatic carbocycles. The Morgan fingerprint density at radius 1 is 1.31 bits per heavy atom. The molecule has 0 aliphatic heterocycles. The van der Waals surface area contributed by atoms with Crippen LogP contribution in [0.3, 0.4) is 0 Å². The Bertz CT molecular complexity index is 528. The number of aromatic carboxylic acids is 1. The Morgan fingerprint density at radius 2 is 2.00 bits per heavy atom. The van der Waals surface area contributed by atoms with Gasteiger partial charge in [0, 0.05) is 11.9 Å². The predicted molar refractivity (Wildman–Crippen MR) is 55.9 cm³/mol. The van der Waals surface area contributed by atoms with Gasteiger partial charge in [-0.25, -0.2) is 9.78 Å². The Hall–Kier alpha value is -2.43. The van der Waals surface area contributed by atoms with Gasteiger partial charge >= 0.3 is 5.97 Å². The molecule has 0 amide bonds. The first kappa shape index (κ1) is 10.1. The maximum atomic E-state index is 10.6. The Balaban J connectivity index is 2.34. The molecule has 5 heteroatoms. The third-order valence-corrected chi connectivity index (χ3v) is 2.14. The van der Waals surface area contributed by atoms with E-state index in [1.54, 1.807) is 22.9 Å². The van der Waals surface area contributed by atoms with Crippen molar-refractivity contribution >= 4 is 12.3 Å². The molecule has 16 heavy (non-hydrogen) atoms. The fraction of sp³-hybridized carbons (Fsp3) is 0. The van der Waals surface area contributed by atoms with Crippen LogP contribution in [-0.4, -0.2) is 26.9 Å². The van der Waals surface area contributed by atoms with Gasteiger partial charge in [0.25, 0.3) is 0 Å². The average Bonchev–Trinajstić information content (AvgIpc) is 2.77. The zero-order valence-corrected chi connectivity index (χ0v) is 8.20. The quantitative estimate of drug-likeness (QED) is 0.787. The number of carboxylic acid groups (broad SMARTS) is 1. The normalized spacial score (nSPS) is 10.0. The van der Waals surface area contributed by atoms with Crippen LogP contribution in [0.25, 0.3) is 5.69 Å². The van der Waals surface area contributed by atoms with E-state index in [-0.39, 0.29) is 5.56 Å². The highest BCUT2D eigenvalue weighted by molar-refractivity contribution is 5.87. The number of hydrogen-bond donors (Lipinski definition) is 1. The number of hydrogen-bond acceptors (Lipinski definition) is 3. The van der Waals surface area contributed by atoms with Gasteiger partial charge in [-0.2, -0.15) is 0 Å². The SMILES string of the molecule is O=Cc1cn(-c2ccc(C(=O)O)cc2)cn1. The van der Waals surface area contributed by atoms with Gasteiger partial charge in [-0.15, -0.1) is 0 Å². The second-order valence-electron chi connectivity index (χ2n) is 3.18. The van der Waals surface area contributed by atoms with Gasteiger partial charge in [0.05, 0.1) is 5.56 Å². The van der Waals surface area contributed by atoms with E-state index in [1.807, 2.05) is 0 Å². The minimum Gasteiger partial charge on any atom is -0.478 e. The van der Waals surface area contributed by atoms with Crippen LogP contribution in [0.4, 0.5) is 0 Å². The van der Waals surface area contributed by atoms with Crippen molar-refractivity contribution in [3.8, 4) is 5.69 Å². The van der Waals surface area contributed by atoms with Gasteiger partial charge in [0.1, 0.15) is 12.0 Å². The third-order valence-electron chi connectivity index (χ3n) is 2.14.